The summed E-state index contributed by atoms with van der Waals surface area (Å²) >= 11 is 0. The van der Waals surface area contributed by atoms with Gasteiger partial charge in [-0.3, -0.25) is 9.78 Å². The Morgan fingerprint density at radius 1 is 1.32 bits per heavy atom. The van der Waals surface area contributed by atoms with Gasteiger partial charge in [0.15, 0.2) is 0 Å². The summed E-state index contributed by atoms with van der Waals surface area (Å²) in [7, 11) is 0. The molecule has 0 fully saturated rings. The van der Waals surface area contributed by atoms with Gasteiger partial charge in [0.2, 0.25) is 5.91 Å². The summed E-state index contributed by atoms with van der Waals surface area (Å²) in [5, 5.41) is 6.18. The molecule has 19 heavy (non-hydrogen) atoms. The third-order valence-corrected chi connectivity index (χ3v) is 3.00. The molecule has 2 N–H and O–H groups in total. The third kappa shape index (κ3) is 6.91. The lowest BCUT2D eigenvalue weighted by atomic mass is 10.1. The Kier molecular flexibility index (Phi) is 7.11. The number of carbonyl (C=O) groups is 1. The van der Waals surface area contributed by atoms with E-state index in [0.717, 1.165) is 25.9 Å². The van der Waals surface area contributed by atoms with Crippen molar-refractivity contribution in [3.05, 3.63) is 30.1 Å². The van der Waals surface area contributed by atoms with Crippen LogP contribution in [0.2, 0.25) is 0 Å². The molecular formula is C15H25N3O. The summed E-state index contributed by atoms with van der Waals surface area (Å²) in [4.78, 5) is 15.8. The van der Waals surface area contributed by atoms with Crippen molar-refractivity contribution in [2.75, 3.05) is 13.1 Å². The van der Waals surface area contributed by atoms with Crippen LogP contribution in [-0.2, 0) is 11.2 Å². The van der Waals surface area contributed by atoms with Crippen LogP contribution in [0.25, 0.3) is 0 Å². The molecule has 0 aliphatic heterocycles. The van der Waals surface area contributed by atoms with Crippen LogP contribution < -0.4 is 10.6 Å². The van der Waals surface area contributed by atoms with Crippen LogP contribution in [0.15, 0.2) is 24.5 Å². The number of aromatic nitrogens is 1. The number of hydrogen-bond donors (Lipinski definition) is 2. The van der Waals surface area contributed by atoms with E-state index in [1.807, 2.05) is 25.3 Å². The molecule has 0 aliphatic rings. The molecule has 0 radical (unpaired) electrons. The van der Waals surface area contributed by atoms with Crippen molar-refractivity contribution in [1.29, 1.82) is 0 Å². The maximum absolute atomic E-state index is 11.8. The SMILES string of the molecule is CC(C)CCNC(=O)C(C)NCCc1cccnc1. The molecule has 1 aromatic rings. The van der Waals surface area contributed by atoms with Crippen molar-refractivity contribution in [1.82, 2.24) is 15.6 Å². The van der Waals surface area contributed by atoms with Crippen LogP contribution in [0.4, 0.5) is 0 Å². The fraction of sp³-hybridized carbons (Fsp3) is 0.600. The molecule has 106 valence electrons. The van der Waals surface area contributed by atoms with Crippen LogP contribution in [0.5, 0.6) is 0 Å². The predicted molar refractivity (Wildman–Crippen MR) is 77.9 cm³/mol. The van der Waals surface area contributed by atoms with Gasteiger partial charge in [-0.25, -0.2) is 0 Å². The van der Waals surface area contributed by atoms with Crippen LogP contribution in [0.3, 0.4) is 0 Å². The molecule has 1 unspecified atom stereocenters. The number of nitrogens with zero attached hydrogens (tertiary/aromatic N) is 1. The molecule has 0 saturated heterocycles. The maximum Gasteiger partial charge on any atom is 0.236 e. The van der Waals surface area contributed by atoms with E-state index in [1.54, 1.807) is 6.20 Å². The van der Waals surface area contributed by atoms with Crippen molar-refractivity contribution in [3.8, 4) is 0 Å². The summed E-state index contributed by atoms with van der Waals surface area (Å²) in [6, 6.07) is 3.82. The van der Waals surface area contributed by atoms with Crippen LogP contribution >= 0.6 is 0 Å². The molecule has 1 atom stereocenters. The molecule has 0 aromatic carbocycles. The average Bonchev–Trinajstić information content (AvgIpc) is 2.39. The van der Waals surface area contributed by atoms with Gasteiger partial charge in [-0.1, -0.05) is 19.9 Å². The minimum atomic E-state index is -0.149. The molecule has 1 rings (SSSR count). The predicted octanol–water partition coefficient (Wildman–Crippen LogP) is 1.76. The summed E-state index contributed by atoms with van der Waals surface area (Å²) in [6.45, 7) is 7.74. The third-order valence-electron chi connectivity index (χ3n) is 3.00. The fourth-order valence-corrected chi connectivity index (χ4v) is 1.71. The first-order valence-electron chi connectivity index (χ1n) is 6.99. The van der Waals surface area contributed by atoms with Crippen LogP contribution in [0.1, 0.15) is 32.8 Å². The van der Waals surface area contributed by atoms with E-state index in [-0.39, 0.29) is 11.9 Å². The smallest absolute Gasteiger partial charge is 0.236 e. The van der Waals surface area contributed by atoms with Gasteiger partial charge in [0.05, 0.1) is 6.04 Å². The second-order valence-corrected chi connectivity index (χ2v) is 5.26. The molecule has 0 saturated carbocycles. The van der Waals surface area contributed by atoms with Crippen LogP contribution in [-0.4, -0.2) is 30.0 Å². The Hall–Kier alpha value is -1.42. The highest BCUT2D eigenvalue weighted by atomic mass is 16.2. The average molecular weight is 263 g/mol. The molecule has 4 nitrogen and oxygen atoms in total. The minimum absolute atomic E-state index is 0.0758. The van der Waals surface area contributed by atoms with Gasteiger partial charge in [-0.05, 0) is 43.9 Å². The molecule has 0 bridgehead atoms. The van der Waals surface area contributed by atoms with Gasteiger partial charge in [0, 0.05) is 18.9 Å². The topological polar surface area (TPSA) is 54.0 Å². The van der Waals surface area contributed by atoms with Gasteiger partial charge < -0.3 is 10.6 Å². The van der Waals surface area contributed by atoms with E-state index >= 15 is 0 Å². The van der Waals surface area contributed by atoms with Gasteiger partial charge >= 0.3 is 0 Å². The first-order chi connectivity index (χ1) is 9.09. The molecule has 0 aliphatic carbocycles. The van der Waals surface area contributed by atoms with Gasteiger partial charge in [0.1, 0.15) is 0 Å². The lowest BCUT2D eigenvalue weighted by Crippen LogP contribution is -2.43. The summed E-state index contributed by atoms with van der Waals surface area (Å²) in [5.74, 6) is 0.695. The summed E-state index contributed by atoms with van der Waals surface area (Å²) in [5.41, 5.74) is 1.18. The van der Waals surface area contributed by atoms with E-state index in [4.69, 9.17) is 0 Å². The van der Waals surface area contributed by atoms with Gasteiger partial charge in [-0.2, -0.15) is 0 Å². The Bertz CT molecular complexity index is 365. The maximum atomic E-state index is 11.8. The Morgan fingerprint density at radius 2 is 2.11 bits per heavy atom. The Morgan fingerprint density at radius 3 is 2.74 bits per heavy atom. The van der Waals surface area contributed by atoms with Crippen molar-refractivity contribution in [3.63, 3.8) is 0 Å². The largest absolute Gasteiger partial charge is 0.355 e. The highest BCUT2D eigenvalue weighted by molar-refractivity contribution is 5.81. The van der Waals surface area contributed by atoms with Crippen molar-refractivity contribution < 1.29 is 4.79 Å². The zero-order valence-corrected chi connectivity index (χ0v) is 12.1. The van der Waals surface area contributed by atoms with Crippen molar-refractivity contribution >= 4 is 5.91 Å². The van der Waals surface area contributed by atoms with E-state index < -0.39 is 0 Å². The quantitative estimate of drug-likeness (QED) is 0.751. The highest BCUT2D eigenvalue weighted by Gasteiger charge is 2.11. The number of carbonyl (C=O) groups excluding carboxylic acids is 1. The number of hydrogen-bond acceptors (Lipinski definition) is 3. The second kappa shape index (κ2) is 8.64. The Balaban J connectivity index is 2.16. The highest BCUT2D eigenvalue weighted by Crippen LogP contribution is 1.97. The zero-order chi connectivity index (χ0) is 14.1. The Labute approximate surface area is 116 Å². The fourth-order valence-electron chi connectivity index (χ4n) is 1.71. The first-order valence-corrected chi connectivity index (χ1v) is 6.99. The number of nitrogens with one attached hydrogen (secondary N) is 2. The standard InChI is InChI=1S/C15H25N3O/c1-12(2)6-9-18-15(19)13(3)17-10-7-14-5-4-8-16-11-14/h4-5,8,11-13,17H,6-7,9-10H2,1-3H3,(H,18,19). The monoisotopic (exact) mass is 263 g/mol. The van der Waals surface area contributed by atoms with E-state index in [1.165, 1.54) is 5.56 Å². The van der Waals surface area contributed by atoms with Gasteiger partial charge in [0.25, 0.3) is 0 Å². The second-order valence-electron chi connectivity index (χ2n) is 5.26. The lowest BCUT2D eigenvalue weighted by Gasteiger charge is -2.14. The van der Waals surface area contributed by atoms with E-state index in [2.05, 4.69) is 29.5 Å². The van der Waals surface area contributed by atoms with Crippen molar-refractivity contribution in [2.24, 2.45) is 5.92 Å². The molecule has 1 amide bonds. The molecular weight excluding hydrogens is 238 g/mol. The van der Waals surface area contributed by atoms with Crippen molar-refractivity contribution in [2.45, 2.75) is 39.7 Å². The molecule has 1 aromatic heterocycles. The van der Waals surface area contributed by atoms with E-state index in [9.17, 15) is 4.79 Å². The summed E-state index contributed by atoms with van der Waals surface area (Å²) < 4.78 is 0. The molecule has 1 heterocycles. The molecule has 4 heteroatoms. The number of amides is 1. The minimum Gasteiger partial charge on any atom is -0.355 e. The normalized spacial score (nSPS) is 12.4. The lowest BCUT2D eigenvalue weighted by molar-refractivity contribution is -0.122. The van der Waals surface area contributed by atoms with Crippen LogP contribution in [0, 0.1) is 5.92 Å². The van der Waals surface area contributed by atoms with Gasteiger partial charge in [-0.15, -0.1) is 0 Å². The molecule has 0 spiro atoms. The van der Waals surface area contributed by atoms with E-state index in [0.29, 0.717) is 5.92 Å². The summed E-state index contributed by atoms with van der Waals surface area (Å²) in [6.07, 6.45) is 5.53. The number of pyridine rings is 1. The zero-order valence-electron chi connectivity index (χ0n) is 12.1. The number of rotatable bonds is 8. The first kappa shape index (κ1) is 15.6.